The van der Waals surface area contributed by atoms with Crippen LogP contribution in [0.15, 0.2) is 24.4 Å². The van der Waals surface area contributed by atoms with Crippen LogP contribution in [0.25, 0.3) is 10.9 Å². The molecule has 0 amide bonds. The summed E-state index contributed by atoms with van der Waals surface area (Å²) in [6, 6.07) is 5.00. The third-order valence-corrected chi connectivity index (χ3v) is 6.15. The van der Waals surface area contributed by atoms with E-state index >= 15 is 0 Å². The zero-order valence-electron chi connectivity index (χ0n) is 17.2. The van der Waals surface area contributed by atoms with E-state index in [9.17, 15) is 9.18 Å². The minimum atomic E-state index is -0.402. The van der Waals surface area contributed by atoms with Gasteiger partial charge in [-0.1, -0.05) is 6.92 Å². The van der Waals surface area contributed by atoms with Crippen molar-refractivity contribution in [1.82, 2.24) is 14.8 Å². The number of hydrogen-bond acceptors (Lipinski definition) is 6. The maximum Gasteiger partial charge on any atom is 0.341 e. The molecule has 7 heteroatoms. The number of carbonyl (C=O) groups excluding carboxylic acids is 1. The maximum atomic E-state index is 14.0. The molecule has 29 heavy (non-hydrogen) atoms. The van der Waals surface area contributed by atoms with E-state index in [1.54, 1.807) is 19.2 Å². The van der Waals surface area contributed by atoms with Crippen LogP contribution in [0.3, 0.4) is 0 Å². The van der Waals surface area contributed by atoms with E-state index in [1.165, 1.54) is 12.1 Å². The molecule has 0 spiro atoms. The fraction of sp³-hybridized carbons (Fsp3) is 0.545. The second kappa shape index (κ2) is 8.63. The third kappa shape index (κ3) is 4.07. The lowest BCUT2D eigenvalue weighted by atomic mass is 10.1. The molecule has 0 saturated carbocycles. The number of fused-ring (bicyclic) bond motifs is 1. The number of esters is 1. The van der Waals surface area contributed by atoms with Gasteiger partial charge in [0.2, 0.25) is 0 Å². The molecule has 2 aromatic rings. The molecule has 6 nitrogen and oxygen atoms in total. The van der Waals surface area contributed by atoms with E-state index in [-0.39, 0.29) is 5.82 Å². The van der Waals surface area contributed by atoms with Gasteiger partial charge < -0.3 is 14.5 Å². The molecule has 156 valence electrons. The standard InChI is InChI=1S/C22H29FN4O2/c1-3-25-9-11-26(12-10-25)17-7-8-27(15-17)21-18-13-16(23)5-6-20(18)24-14-19(21)22(28)29-4-2/h5-6,13-14,17H,3-4,7-12,15H2,1-2H3. The van der Waals surface area contributed by atoms with Crippen molar-refractivity contribution < 1.29 is 13.9 Å². The molecule has 2 aliphatic rings. The van der Waals surface area contributed by atoms with Crippen LogP contribution in [0.4, 0.5) is 10.1 Å². The number of piperazine rings is 1. The van der Waals surface area contributed by atoms with Gasteiger partial charge >= 0.3 is 5.97 Å². The molecule has 0 radical (unpaired) electrons. The summed E-state index contributed by atoms with van der Waals surface area (Å²) in [7, 11) is 0. The largest absolute Gasteiger partial charge is 0.462 e. The summed E-state index contributed by atoms with van der Waals surface area (Å²) in [6.45, 7) is 11.4. The van der Waals surface area contributed by atoms with E-state index < -0.39 is 5.97 Å². The van der Waals surface area contributed by atoms with Crippen molar-refractivity contribution in [2.45, 2.75) is 26.3 Å². The highest BCUT2D eigenvalue weighted by Crippen LogP contribution is 2.34. The van der Waals surface area contributed by atoms with E-state index in [0.29, 0.717) is 29.1 Å². The first-order valence-electron chi connectivity index (χ1n) is 10.6. The van der Waals surface area contributed by atoms with Crippen molar-refractivity contribution in [3.8, 4) is 0 Å². The molecule has 2 saturated heterocycles. The number of ether oxygens (including phenoxy) is 1. The van der Waals surface area contributed by atoms with Crippen molar-refractivity contribution in [2.24, 2.45) is 0 Å². The van der Waals surface area contributed by atoms with Gasteiger partial charge in [-0.3, -0.25) is 9.88 Å². The van der Waals surface area contributed by atoms with Gasteiger partial charge in [0.1, 0.15) is 11.4 Å². The zero-order valence-corrected chi connectivity index (χ0v) is 17.2. The Bertz CT molecular complexity index is 882. The summed E-state index contributed by atoms with van der Waals surface area (Å²) in [5.41, 5.74) is 1.86. The molecule has 1 unspecified atom stereocenters. The number of carbonyl (C=O) groups is 1. The second-order valence-corrected chi connectivity index (χ2v) is 7.76. The van der Waals surface area contributed by atoms with Crippen LogP contribution in [-0.2, 0) is 4.74 Å². The average Bonchev–Trinajstić information content (AvgIpc) is 3.22. The molecule has 2 fully saturated rings. The fourth-order valence-electron chi connectivity index (χ4n) is 4.54. The summed E-state index contributed by atoms with van der Waals surface area (Å²) in [5, 5.41) is 0.673. The summed E-state index contributed by atoms with van der Waals surface area (Å²) in [5.74, 6) is -0.728. The fourth-order valence-corrected chi connectivity index (χ4v) is 4.54. The van der Waals surface area contributed by atoms with Crippen molar-refractivity contribution in [2.75, 3.05) is 57.3 Å². The highest BCUT2D eigenvalue weighted by molar-refractivity contribution is 6.05. The number of nitrogens with zero attached hydrogens (tertiary/aromatic N) is 4. The van der Waals surface area contributed by atoms with Crippen molar-refractivity contribution in [1.29, 1.82) is 0 Å². The summed E-state index contributed by atoms with van der Waals surface area (Å²) < 4.78 is 19.3. The number of likely N-dealkylation sites (N-methyl/N-ethyl adjacent to an activating group) is 1. The van der Waals surface area contributed by atoms with E-state index in [0.717, 1.165) is 57.9 Å². The molecule has 0 bridgehead atoms. The smallest absolute Gasteiger partial charge is 0.341 e. The SMILES string of the molecule is CCOC(=O)c1cnc2ccc(F)cc2c1N1CCC(N2CCN(CC)CC2)C1. The van der Waals surface area contributed by atoms with Crippen LogP contribution >= 0.6 is 0 Å². The third-order valence-electron chi connectivity index (χ3n) is 6.15. The molecular weight excluding hydrogens is 371 g/mol. The molecule has 0 aliphatic carbocycles. The molecule has 3 heterocycles. The summed E-state index contributed by atoms with van der Waals surface area (Å²) >= 11 is 0. The Kier molecular flexibility index (Phi) is 5.96. The Morgan fingerprint density at radius 2 is 2.00 bits per heavy atom. The Morgan fingerprint density at radius 3 is 2.72 bits per heavy atom. The lowest BCUT2D eigenvalue weighted by Crippen LogP contribution is -2.50. The van der Waals surface area contributed by atoms with E-state index in [1.807, 2.05) is 0 Å². The van der Waals surface area contributed by atoms with Crippen molar-refractivity contribution in [3.05, 3.63) is 35.8 Å². The Hall–Kier alpha value is -2.25. The highest BCUT2D eigenvalue weighted by Gasteiger charge is 2.32. The lowest BCUT2D eigenvalue weighted by Gasteiger charge is -2.37. The van der Waals surface area contributed by atoms with Crippen LogP contribution in [0.2, 0.25) is 0 Å². The second-order valence-electron chi connectivity index (χ2n) is 7.76. The molecule has 4 rings (SSSR count). The van der Waals surface area contributed by atoms with Gasteiger partial charge in [-0.2, -0.15) is 0 Å². The van der Waals surface area contributed by atoms with Gasteiger partial charge in [0.05, 0.1) is 17.8 Å². The molecule has 1 atom stereocenters. The maximum absolute atomic E-state index is 14.0. The lowest BCUT2D eigenvalue weighted by molar-refractivity contribution is 0.0527. The van der Waals surface area contributed by atoms with Gasteiger partial charge in [0.25, 0.3) is 0 Å². The van der Waals surface area contributed by atoms with Gasteiger partial charge in [-0.15, -0.1) is 0 Å². The van der Waals surface area contributed by atoms with Crippen LogP contribution in [0.1, 0.15) is 30.6 Å². The topological polar surface area (TPSA) is 48.9 Å². The van der Waals surface area contributed by atoms with Crippen LogP contribution in [-0.4, -0.2) is 79.2 Å². The van der Waals surface area contributed by atoms with Crippen LogP contribution in [0, 0.1) is 5.82 Å². The Balaban J connectivity index is 1.63. The highest BCUT2D eigenvalue weighted by atomic mass is 19.1. The van der Waals surface area contributed by atoms with Crippen LogP contribution < -0.4 is 4.90 Å². The number of hydrogen-bond donors (Lipinski definition) is 0. The van der Waals surface area contributed by atoms with Crippen LogP contribution in [0.5, 0.6) is 0 Å². The minimum Gasteiger partial charge on any atom is -0.462 e. The first-order valence-corrected chi connectivity index (χ1v) is 10.6. The first-order chi connectivity index (χ1) is 14.1. The van der Waals surface area contributed by atoms with E-state index in [2.05, 4.69) is 26.6 Å². The number of aromatic nitrogens is 1. The predicted molar refractivity (Wildman–Crippen MR) is 112 cm³/mol. The molecule has 0 N–H and O–H groups in total. The summed E-state index contributed by atoms with van der Waals surface area (Å²) in [6.07, 6.45) is 2.61. The van der Waals surface area contributed by atoms with Gasteiger partial charge in [0.15, 0.2) is 0 Å². The van der Waals surface area contributed by atoms with Gasteiger partial charge in [-0.25, -0.2) is 9.18 Å². The number of pyridine rings is 1. The van der Waals surface area contributed by atoms with Crippen molar-refractivity contribution >= 4 is 22.6 Å². The molecule has 1 aromatic carbocycles. The zero-order chi connectivity index (χ0) is 20.4. The number of rotatable bonds is 5. The van der Waals surface area contributed by atoms with Gasteiger partial charge in [0, 0.05) is 56.9 Å². The number of halogens is 1. The molecule has 2 aliphatic heterocycles. The number of benzene rings is 1. The molecule has 1 aromatic heterocycles. The average molecular weight is 400 g/mol. The van der Waals surface area contributed by atoms with Gasteiger partial charge in [-0.05, 0) is 38.1 Å². The Labute approximate surface area is 171 Å². The van der Waals surface area contributed by atoms with Crippen molar-refractivity contribution in [3.63, 3.8) is 0 Å². The number of anilines is 1. The monoisotopic (exact) mass is 400 g/mol. The molecular formula is C22H29FN4O2. The first kappa shape index (κ1) is 20.0. The van der Waals surface area contributed by atoms with E-state index in [4.69, 9.17) is 4.74 Å². The minimum absolute atomic E-state index is 0.295. The summed E-state index contributed by atoms with van der Waals surface area (Å²) in [4.78, 5) is 24.2. The quantitative estimate of drug-likeness (QED) is 0.720. The normalized spacial score (nSPS) is 21.1. The Morgan fingerprint density at radius 1 is 1.21 bits per heavy atom. The predicted octanol–water partition coefficient (Wildman–Crippen LogP) is 2.77.